The summed E-state index contributed by atoms with van der Waals surface area (Å²) in [6, 6.07) is 5.48. The van der Waals surface area contributed by atoms with Crippen LogP contribution in [0.15, 0.2) is 22.7 Å². The van der Waals surface area contributed by atoms with Crippen LogP contribution >= 0.6 is 27.5 Å². The maximum atomic E-state index is 8.99. The second kappa shape index (κ2) is 4.23. The van der Waals surface area contributed by atoms with Crippen molar-refractivity contribution in [2.45, 2.75) is 6.54 Å². The Morgan fingerprint density at radius 3 is 2.83 bits per heavy atom. The third-order valence-corrected chi connectivity index (χ3v) is 2.42. The van der Waals surface area contributed by atoms with Crippen molar-refractivity contribution in [1.82, 2.24) is 5.06 Å². The fourth-order valence-corrected chi connectivity index (χ4v) is 1.48. The minimum Gasteiger partial charge on any atom is -0.314 e. The zero-order valence-corrected chi connectivity index (χ0v) is 8.93. The Bertz CT molecular complexity index is 278. The molecule has 0 radical (unpaired) electrons. The van der Waals surface area contributed by atoms with E-state index in [0.717, 1.165) is 15.1 Å². The summed E-state index contributed by atoms with van der Waals surface area (Å²) in [7, 11) is 1.59. The number of benzene rings is 1. The summed E-state index contributed by atoms with van der Waals surface area (Å²) in [5, 5.41) is 10.8. The van der Waals surface area contributed by atoms with Crippen LogP contribution in [-0.2, 0) is 6.54 Å². The van der Waals surface area contributed by atoms with Crippen LogP contribution in [0.1, 0.15) is 5.56 Å². The molecule has 1 rings (SSSR count). The van der Waals surface area contributed by atoms with E-state index in [1.165, 1.54) is 0 Å². The molecule has 0 aliphatic carbocycles. The van der Waals surface area contributed by atoms with Gasteiger partial charge >= 0.3 is 0 Å². The first kappa shape index (κ1) is 9.99. The van der Waals surface area contributed by atoms with Gasteiger partial charge in [-0.2, -0.15) is 5.06 Å². The van der Waals surface area contributed by atoms with Gasteiger partial charge in [-0.1, -0.05) is 27.5 Å². The van der Waals surface area contributed by atoms with Crippen molar-refractivity contribution in [3.8, 4) is 0 Å². The predicted octanol–water partition coefficient (Wildman–Crippen LogP) is 2.92. The van der Waals surface area contributed by atoms with Crippen molar-refractivity contribution in [2.75, 3.05) is 7.05 Å². The van der Waals surface area contributed by atoms with Gasteiger partial charge in [0.15, 0.2) is 0 Å². The quantitative estimate of drug-likeness (QED) is 0.816. The molecule has 66 valence electrons. The molecule has 0 fully saturated rings. The summed E-state index contributed by atoms with van der Waals surface area (Å²) < 4.78 is 0.952. The third-order valence-electron chi connectivity index (χ3n) is 1.41. The SMILES string of the molecule is CN(O)Cc1cc(Cl)ccc1Br. The van der Waals surface area contributed by atoms with Gasteiger partial charge in [0.25, 0.3) is 0 Å². The topological polar surface area (TPSA) is 23.5 Å². The summed E-state index contributed by atoms with van der Waals surface area (Å²) in [5.74, 6) is 0. The van der Waals surface area contributed by atoms with Gasteiger partial charge in [0.1, 0.15) is 0 Å². The van der Waals surface area contributed by atoms with Crippen LogP contribution in [0.25, 0.3) is 0 Å². The summed E-state index contributed by atoms with van der Waals surface area (Å²) in [5.41, 5.74) is 0.965. The lowest BCUT2D eigenvalue weighted by molar-refractivity contribution is -0.0733. The highest BCUT2D eigenvalue weighted by Crippen LogP contribution is 2.21. The number of hydrogen-bond donors (Lipinski definition) is 1. The van der Waals surface area contributed by atoms with Gasteiger partial charge in [0.2, 0.25) is 0 Å². The molecule has 0 saturated carbocycles. The summed E-state index contributed by atoms with van der Waals surface area (Å²) >= 11 is 9.14. The molecule has 2 nitrogen and oxygen atoms in total. The van der Waals surface area contributed by atoms with Crippen LogP contribution in [0, 0.1) is 0 Å². The Balaban J connectivity index is 2.90. The molecule has 1 N–H and O–H groups in total. The largest absolute Gasteiger partial charge is 0.314 e. The maximum Gasteiger partial charge on any atom is 0.0497 e. The molecule has 0 heterocycles. The number of rotatable bonds is 2. The van der Waals surface area contributed by atoms with Crippen molar-refractivity contribution in [1.29, 1.82) is 0 Å². The van der Waals surface area contributed by atoms with E-state index in [4.69, 9.17) is 16.8 Å². The molecule has 0 bridgehead atoms. The van der Waals surface area contributed by atoms with Crippen LogP contribution in [0.2, 0.25) is 5.02 Å². The Kier molecular flexibility index (Phi) is 3.53. The van der Waals surface area contributed by atoms with Crippen molar-refractivity contribution in [2.24, 2.45) is 0 Å². The Morgan fingerprint density at radius 2 is 2.25 bits per heavy atom. The fourth-order valence-electron chi connectivity index (χ4n) is 0.911. The predicted molar refractivity (Wildman–Crippen MR) is 52.4 cm³/mol. The van der Waals surface area contributed by atoms with Gasteiger partial charge in [0, 0.05) is 23.1 Å². The summed E-state index contributed by atoms with van der Waals surface area (Å²) in [6.45, 7) is 0.459. The van der Waals surface area contributed by atoms with Crippen LogP contribution in [-0.4, -0.2) is 17.3 Å². The molecule has 12 heavy (non-hydrogen) atoms. The van der Waals surface area contributed by atoms with E-state index < -0.39 is 0 Å². The molecule has 0 saturated heterocycles. The van der Waals surface area contributed by atoms with Crippen LogP contribution in [0.5, 0.6) is 0 Å². The van der Waals surface area contributed by atoms with Crippen molar-refractivity contribution in [3.63, 3.8) is 0 Å². The van der Waals surface area contributed by atoms with Crippen LogP contribution < -0.4 is 0 Å². The van der Waals surface area contributed by atoms with E-state index >= 15 is 0 Å². The van der Waals surface area contributed by atoms with Crippen LogP contribution in [0.3, 0.4) is 0 Å². The smallest absolute Gasteiger partial charge is 0.0497 e. The fraction of sp³-hybridized carbons (Fsp3) is 0.250. The van der Waals surface area contributed by atoms with Crippen molar-refractivity contribution < 1.29 is 5.21 Å². The van der Waals surface area contributed by atoms with E-state index in [1.54, 1.807) is 13.1 Å². The second-order valence-corrected chi connectivity index (χ2v) is 3.84. The molecule has 0 aliphatic heterocycles. The van der Waals surface area contributed by atoms with Gasteiger partial charge < -0.3 is 5.21 Å². The monoisotopic (exact) mass is 249 g/mol. The highest BCUT2D eigenvalue weighted by molar-refractivity contribution is 9.10. The van der Waals surface area contributed by atoms with Crippen molar-refractivity contribution >= 4 is 27.5 Å². The van der Waals surface area contributed by atoms with E-state index in [0.29, 0.717) is 11.6 Å². The summed E-state index contributed by atoms with van der Waals surface area (Å²) in [4.78, 5) is 0. The lowest BCUT2D eigenvalue weighted by Gasteiger charge is -2.09. The van der Waals surface area contributed by atoms with E-state index in [-0.39, 0.29) is 0 Å². The van der Waals surface area contributed by atoms with Gasteiger partial charge in [0.05, 0.1) is 0 Å². The molecule has 4 heteroatoms. The standard InChI is InChI=1S/C8H9BrClNO/c1-11(12)5-6-4-7(10)2-3-8(6)9/h2-4,12H,5H2,1H3. The van der Waals surface area contributed by atoms with Crippen LogP contribution in [0.4, 0.5) is 0 Å². The lowest BCUT2D eigenvalue weighted by atomic mass is 10.2. The minimum absolute atomic E-state index is 0.459. The van der Waals surface area contributed by atoms with Gasteiger partial charge in [-0.3, -0.25) is 0 Å². The average molecular weight is 251 g/mol. The first-order valence-electron chi connectivity index (χ1n) is 3.43. The lowest BCUT2D eigenvalue weighted by Crippen LogP contribution is -2.11. The van der Waals surface area contributed by atoms with Crippen molar-refractivity contribution in [3.05, 3.63) is 33.3 Å². The minimum atomic E-state index is 0.459. The third kappa shape index (κ3) is 2.75. The molecule has 0 spiro atoms. The van der Waals surface area contributed by atoms with E-state index in [1.807, 2.05) is 12.1 Å². The van der Waals surface area contributed by atoms with Gasteiger partial charge in [-0.05, 0) is 23.8 Å². The molecular weight excluding hydrogens is 241 g/mol. The zero-order chi connectivity index (χ0) is 9.14. The molecule has 1 aromatic rings. The maximum absolute atomic E-state index is 8.99. The molecule has 0 amide bonds. The number of hydroxylamine groups is 2. The van der Waals surface area contributed by atoms with Gasteiger partial charge in [-0.25, -0.2) is 0 Å². The Morgan fingerprint density at radius 1 is 1.58 bits per heavy atom. The molecule has 0 unspecified atom stereocenters. The summed E-state index contributed by atoms with van der Waals surface area (Å²) in [6.07, 6.45) is 0. The molecule has 0 aliphatic rings. The number of nitrogens with zero attached hydrogens (tertiary/aromatic N) is 1. The highest BCUT2D eigenvalue weighted by atomic mass is 79.9. The van der Waals surface area contributed by atoms with E-state index in [2.05, 4.69) is 15.9 Å². The second-order valence-electron chi connectivity index (χ2n) is 2.55. The zero-order valence-electron chi connectivity index (χ0n) is 6.59. The van der Waals surface area contributed by atoms with E-state index in [9.17, 15) is 0 Å². The first-order chi connectivity index (χ1) is 5.59. The molecule has 1 aromatic carbocycles. The highest BCUT2D eigenvalue weighted by Gasteiger charge is 2.02. The normalized spacial score (nSPS) is 10.8. The number of hydrogen-bond acceptors (Lipinski definition) is 2. The first-order valence-corrected chi connectivity index (χ1v) is 4.60. The molecular formula is C8H9BrClNO. The Labute approximate surface area is 84.8 Å². The van der Waals surface area contributed by atoms with Gasteiger partial charge in [-0.15, -0.1) is 0 Å². The number of halogens is 2. The molecule has 0 aromatic heterocycles. The average Bonchev–Trinajstić information content (AvgIpc) is 1.96. The Hall–Kier alpha value is -0.0900. The molecule has 0 atom stereocenters.